The Morgan fingerprint density at radius 1 is 1.14 bits per heavy atom. The molecule has 1 aliphatic rings. The topological polar surface area (TPSA) is 127 Å². The molecule has 0 saturated heterocycles. The van der Waals surface area contributed by atoms with Crippen molar-refractivity contribution in [3.05, 3.63) is 84.4 Å². The highest BCUT2D eigenvalue weighted by atomic mass is 35.5. The normalized spacial score (nSPS) is 15.3. The highest BCUT2D eigenvalue weighted by Crippen LogP contribution is 2.34. The molecule has 4 rings (SSSR count). The Bertz CT molecular complexity index is 1130. The summed E-state index contributed by atoms with van der Waals surface area (Å²) in [6.45, 7) is 0. The van der Waals surface area contributed by atoms with E-state index in [-0.39, 0.29) is 11.7 Å². The van der Waals surface area contributed by atoms with E-state index in [0.29, 0.717) is 39.2 Å². The fourth-order valence-corrected chi connectivity index (χ4v) is 3.65. The molecular weight excluding hydrogens is 421 g/mol. The van der Waals surface area contributed by atoms with Gasteiger partial charge in [-0.2, -0.15) is 4.68 Å². The van der Waals surface area contributed by atoms with Crippen molar-refractivity contribution in [1.82, 2.24) is 20.3 Å². The molecule has 148 valence electrons. The fourth-order valence-electron chi connectivity index (χ4n) is 2.99. The van der Waals surface area contributed by atoms with Gasteiger partial charge in [-0.05, 0) is 24.3 Å². The van der Waals surface area contributed by atoms with Gasteiger partial charge < -0.3 is 5.43 Å². The molecule has 1 unspecified atom stereocenters. The Morgan fingerprint density at radius 2 is 1.83 bits per heavy atom. The van der Waals surface area contributed by atoms with E-state index < -0.39 is 10.6 Å². The number of halogens is 2. The predicted octanol–water partition coefficient (Wildman–Crippen LogP) is 2.94. The Morgan fingerprint density at radius 3 is 2.48 bits per heavy atom. The second kappa shape index (κ2) is 7.66. The summed E-state index contributed by atoms with van der Waals surface area (Å²) < 4.78 is 1.17. The minimum Gasteiger partial charge on any atom is -0.303 e. The standard InChI is InChI=1S/C17H13Cl2N7O3/c18-11-2-1-3-12(19)15(11)13-8-14-16(22-20-13)25(17(27)23-21-14)24-9-4-6-10(7-5-9)26(28)29/h1-7,13,20,22,24H,8H2. The summed E-state index contributed by atoms with van der Waals surface area (Å²) in [7, 11) is 0. The maximum absolute atomic E-state index is 12.2. The summed E-state index contributed by atoms with van der Waals surface area (Å²) in [6.07, 6.45) is 0.376. The summed E-state index contributed by atoms with van der Waals surface area (Å²) in [6, 6.07) is 10.6. The molecule has 0 fully saturated rings. The van der Waals surface area contributed by atoms with Gasteiger partial charge in [0.05, 0.1) is 16.7 Å². The van der Waals surface area contributed by atoms with E-state index in [9.17, 15) is 14.9 Å². The van der Waals surface area contributed by atoms with Gasteiger partial charge in [0.2, 0.25) is 0 Å². The number of benzene rings is 2. The second-order valence-corrected chi connectivity index (χ2v) is 7.00. The van der Waals surface area contributed by atoms with Crippen LogP contribution in [0.2, 0.25) is 10.0 Å². The van der Waals surface area contributed by atoms with Crippen LogP contribution in [0.3, 0.4) is 0 Å². The van der Waals surface area contributed by atoms with Gasteiger partial charge in [-0.25, -0.2) is 10.2 Å². The molecule has 10 nitrogen and oxygen atoms in total. The number of hydrogen-bond donors (Lipinski definition) is 3. The summed E-state index contributed by atoms with van der Waals surface area (Å²) in [5, 5.41) is 19.4. The van der Waals surface area contributed by atoms with Crippen LogP contribution in [-0.2, 0) is 6.42 Å². The Hall–Kier alpha value is -3.21. The molecule has 1 aliphatic heterocycles. The van der Waals surface area contributed by atoms with Crippen molar-refractivity contribution in [2.45, 2.75) is 12.5 Å². The molecular formula is C17H13Cl2N7O3. The third kappa shape index (κ3) is 3.73. The van der Waals surface area contributed by atoms with Crippen LogP contribution in [0.5, 0.6) is 0 Å². The quantitative estimate of drug-likeness (QED) is 0.423. The van der Waals surface area contributed by atoms with Crippen molar-refractivity contribution in [2.24, 2.45) is 0 Å². The van der Waals surface area contributed by atoms with Crippen LogP contribution in [0, 0.1) is 10.1 Å². The van der Waals surface area contributed by atoms with Gasteiger partial charge in [0, 0.05) is 34.2 Å². The van der Waals surface area contributed by atoms with E-state index in [1.807, 2.05) is 0 Å². The first-order chi connectivity index (χ1) is 13.9. The molecule has 2 aromatic carbocycles. The van der Waals surface area contributed by atoms with Crippen LogP contribution >= 0.6 is 23.2 Å². The lowest BCUT2D eigenvalue weighted by molar-refractivity contribution is -0.384. The molecule has 0 bridgehead atoms. The van der Waals surface area contributed by atoms with Gasteiger partial charge in [-0.3, -0.25) is 15.5 Å². The number of anilines is 2. The molecule has 29 heavy (non-hydrogen) atoms. The SMILES string of the molecule is O=c1nnc2c(n1Nc1ccc([N+](=O)[O-])cc1)NNC(c1c(Cl)cccc1Cl)C2. The molecule has 3 N–H and O–H groups in total. The Balaban J connectivity index is 1.64. The highest BCUT2D eigenvalue weighted by molar-refractivity contribution is 6.36. The maximum atomic E-state index is 12.2. The fraction of sp³-hybridized carbons (Fsp3) is 0.118. The van der Waals surface area contributed by atoms with Gasteiger partial charge >= 0.3 is 5.69 Å². The number of fused-ring (bicyclic) bond motifs is 1. The second-order valence-electron chi connectivity index (χ2n) is 6.19. The molecule has 2 heterocycles. The van der Waals surface area contributed by atoms with Crippen LogP contribution in [-0.4, -0.2) is 19.8 Å². The first-order valence-corrected chi connectivity index (χ1v) is 9.15. The van der Waals surface area contributed by atoms with E-state index in [1.54, 1.807) is 18.2 Å². The van der Waals surface area contributed by atoms with Gasteiger partial charge in [-0.15, -0.1) is 5.10 Å². The van der Waals surface area contributed by atoms with Crippen molar-refractivity contribution in [3.8, 4) is 0 Å². The predicted molar refractivity (Wildman–Crippen MR) is 108 cm³/mol. The van der Waals surface area contributed by atoms with Crippen molar-refractivity contribution in [1.29, 1.82) is 0 Å². The minimum atomic E-state index is -0.648. The zero-order chi connectivity index (χ0) is 20.5. The van der Waals surface area contributed by atoms with Gasteiger partial charge in [0.1, 0.15) is 5.69 Å². The summed E-state index contributed by atoms with van der Waals surface area (Å²) >= 11 is 12.6. The lowest BCUT2D eigenvalue weighted by atomic mass is 10.0. The first kappa shape index (κ1) is 19.1. The molecule has 0 radical (unpaired) electrons. The monoisotopic (exact) mass is 433 g/mol. The molecule has 0 aliphatic carbocycles. The molecule has 3 aromatic rings. The Kier molecular flexibility index (Phi) is 5.05. The lowest BCUT2D eigenvalue weighted by Gasteiger charge is -2.29. The van der Waals surface area contributed by atoms with Gasteiger partial charge in [0.25, 0.3) is 5.69 Å². The van der Waals surface area contributed by atoms with Crippen molar-refractivity contribution in [2.75, 3.05) is 10.9 Å². The molecule has 0 amide bonds. The number of nitro benzene ring substituents is 1. The molecule has 1 atom stereocenters. The largest absolute Gasteiger partial charge is 0.387 e. The number of aromatic nitrogens is 3. The van der Waals surface area contributed by atoms with Gasteiger partial charge in [0.15, 0.2) is 5.82 Å². The number of hydrogen-bond acceptors (Lipinski definition) is 8. The van der Waals surface area contributed by atoms with Crippen molar-refractivity contribution < 1.29 is 4.92 Å². The molecule has 0 spiro atoms. The lowest BCUT2D eigenvalue weighted by Crippen LogP contribution is -2.42. The van der Waals surface area contributed by atoms with E-state index in [2.05, 4.69) is 26.5 Å². The van der Waals surface area contributed by atoms with E-state index >= 15 is 0 Å². The third-order valence-corrected chi connectivity index (χ3v) is 5.03. The smallest absolute Gasteiger partial charge is 0.303 e. The summed E-state index contributed by atoms with van der Waals surface area (Å²) in [4.78, 5) is 22.5. The average molecular weight is 434 g/mol. The van der Waals surface area contributed by atoms with E-state index in [1.165, 1.54) is 28.9 Å². The van der Waals surface area contributed by atoms with E-state index in [4.69, 9.17) is 23.2 Å². The van der Waals surface area contributed by atoms with Crippen LogP contribution < -0.4 is 22.0 Å². The number of hydrazine groups is 1. The van der Waals surface area contributed by atoms with Crippen LogP contribution in [0.4, 0.5) is 17.2 Å². The molecule has 1 aromatic heterocycles. The van der Waals surface area contributed by atoms with Crippen LogP contribution in [0.25, 0.3) is 0 Å². The average Bonchev–Trinajstić information content (AvgIpc) is 2.70. The summed E-state index contributed by atoms with van der Waals surface area (Å²) in [5.41, 5.74) is 9.87. The zero-order valence-corrected chi connectivity index (χ0v) is 16.1. The highest BCUT2D eigenvalue weighted by Gasteiger charge is 2.27. The van der Waals surface area contributed by atoms with Gasteiger partial charge in [-0.1, -0.05) is 34.4 Å². The first-order valence-electron chi connectivity index (χ1n) is 8.39. The number of rotatable bonds is 4. The number of nitro groups is 1. The van der Waals surface area contributed by atoms with Crippen LogP contribution in [0.1, 0.15) is 17.3 Å². The molecule has 12 heteroatoms. The Labute approximate surface area is 173 Å². The molecule has 0 saturated carbocycles. The number of nitrogens with one attached hydrogen (secondary N) is 3. The summed E-state index contributed by atoms with van der Waals surface area (Å²) in [5.74, 6) is 0.364. The minimum absolute atomic E-state index is 0.0583. The van der Waals surface area contributed by atoms with Crippen molar-refractivity contribution >= 4 is 40.4 Å². The van der Waals surface area contributed by atoms with Crippen LogP contribution in [0.15, 0.2) is 47.3 Å². The van der Waals surface area contributed by atoms with Crippen molar-refractivity contribution in [3.63, 3.8) is 0 Å². The number of non-ortho nitro benzene ring substituents is 1. The zero-order valence-electron chi connectivity index (χ0n) is 14.6. The van der Waals surface area contributed by atoms with E-state index in [0.717, 1.165) is 0 Å². The third-order valence-electron chi connectivity index (χ3n) is 4.37. The number of nitrogens with zero attached hydrogens (tertiary/aromatic N) is 4. The maximum Gasteiger partial charge on any atom is 0.387 e.